The molecular weight excluding hydrogens is 326 g/mol. The number of hydrogen-bond donors (Lipinski definition) is 0. The van der Waals surface area contributed by atoms with Gasteiger partial charge in [0.05, 0.1) is 13.5 Å². The molecule has 0 aromatic heterocycles. The predicted octanol–water partition coefficient (Wildman–Crippen LogP) is 2.57. The minimum Gasteiger partial charge on any atom is -0.469 e. The molecule has 0 heterocycles. The zero-order valence-corrected chi connectivity index (χ0v) is 10.8. The second-order valence-electron chi connectivity index (χ2n) is 3.16. The van der Waals surface area contributed by atoms with Crippen LogP contribution in [-0.4, -0.2) is 18.9 Å². The van der Waals surface area contributed by atoms with Crippen molar-refractivity contribution in [3.8, 4) is 0 Å². The summed E-state index contributed by atoms with van der Waals surface area (Å²) in [5.41, 5.74) is 0.285. The van der Waals surface area contributed by atoms with Gasteiger partial charge in [-0.1, -0.05) is 0 Å². The summed E-state index contributed by atoms with van der Waals surface area (Å²) in [4.78, 5) is 22.4. The number of rotatable bonds is 4. The maximum absolute atomic E-state index is 13.0. The minimum atomic E-state index is -0.451. The number of Topliss-reactive ketones (excluding diaryl/α,β-unsaturated/α-hetero) is 1. The molecule has 3 nitrogen and oxygen atoms in total. The van der Waals surface area contributed by atoms with Crippen molar-refractivity contribution in [1.82, 2.24) is 0 Å². The number of hydrogen-bond acceptors (Lipinski definition) is 3. The Hall–Kier alpha value is -0.980. The largest absolute Gasteiger partial charge is 0.469 e. The molecule has 0 radical (unpaired) electrons. The first-order valence-electron chi connectivity index (χ1n) is 4.59. The summed E-state index contributed by atoms with van der Waals surface area (Å²) >= 11 is 1.93. The molecule has 1 aromatic carbocycles. The van der Waals surface area contributed by atoms with Crippen LogP contribution in [0.1, 0.15) is 23.2 Å². The van der Waals surface area contributed by atoms with E-state index in [1.807, 2.05) is 22.6 Å². The Bertz CT molecular complexity index is 397. The summed E-state index contributed by atoms with van der Waals surface area (Å²) in [5, 5.41) is 0. The Kier molecular flexibility index (Phi) is 4.85. The van der Waals surface area contributed by atoms with E-state index in [0.29, 0.717) is 3.57 Å². The second kappa shape index (κ2) is 5.93. The average molecular weight is 336 g/mol. The van der Waals surface area contributed by atoms with E-state index in [1.165, 1.54) is 19.2 Å². The highest BCUT2D eigenvalue weighted by Crippen LogP contribution is 2.13. The zero-order valence-electron chi connectivity index (χ0n) is 8.63. The molecular formula is C11H10FIO3. The maximum Gasteiger partial charge on any atom is 0.305 e. The van der Waals surface area contributed by atoms with Gasteiger partial charge in [-0.25, -0.2) is 4.39 Å². The molecule has 86 valence electrons. The maximum atomic E-state index is 13.0. The zero-order chi connectivity index (χ0) is 12.1. The van der Waals surface area contributed by atoms with Crippen molar-refractivity contribution in [3.05, 3.63) is 33.1 Å². The van der Waals surface area contributed by atoms with Crippen LogP contribution in [0.4, 0.5) is 4.39 Å². The lowest BCUT2D eigenvalue weighted by Gasteiger charge is -2.01. The van der Waals surface area contributed by atoms with Crippen LogP contribution in [0.25, 0.3) is 0 Å². The van der Waals surface area contributed by atoms with E-state index in [-0.39, 0.29) is 24.2 Å². The molecule has 1 aromatic rings. The van der Waals surface area contributed by atoms with Crippen molar-refractivity contribution in [2.24, 2.45) is 0 Å². The van der Waals surface area contributed by atoms with Gasteiger partial charge in [0.15, 0.2) is 5.78 Å². The fourth-order valence-electron chi connectivity index (χ4n) is 1.18. The first-order chi connectivity index (χ1) is 7.52. The van der Waals surface area contributed by atoms with Crippen LogP contribution < -0.4 is 0 Å². The van der Waals surface area contributed by atoms with E-state index in [0.717, 1.165) is 0 Å². The van der Waals surface area contributed by atoms with E-state index in [1.54, 1.807) is 6.07 Å². The Labute approximate surface area is 106 Å². The average Bonchev–Trinajstić information content (AvgIpc) is 2.23. The quantitative estimate of drug-likeness (QED) is 0.482. The van der Waals surface area contributed by atoms with Crippen LogP contribution in [0, 0.1) is 9.39 Å². The van der Waals surface area contributed by atoms with E-state index in [4.69, 9.17) is 0 Å². The van der Waals surface area contributed by atoms with Gasteiger partial charge >= 0.3 is 5.97 Å². The fourth-order valence-corrected chi connectivity index (χ4v) is 1.81. The number of carbonyl (C=O) groups is 2. The Morgan fingerprint density at radius 1 is 1.31 bits per heavy atom. The third kappa shape index (κ3) is 3.88. The van der Waals surface area contributed by atoms with Gasteiger partial charge in [-0.05, 0) is 40.8 Å². The van der Waals surface area contributed by atoms with Crippen LogP contribution >= 0.6 is 22.6 Å². The molecule has 0 aliphatic rings. The monoisotopic (exact) mass is 336 g/mol. The SMILES string of the molecule is COC(=O)CCC(=O)c1cc(F)cc(I)c1. The van der Waals surface area contributed by atoms with Crippen LogP contribution in [0.5, 0.6) is 0 Å². The molecule has 0 aliphatic carbocycles. The third-order valence-electron chi connectivity index (χ3n) is 1.97. The predicted molar refractivity (Wildman–Crippen MR) is 64.7 cm³/mol. The normalized spacial score (nSPS) is 9.94. The molecule has 0 saturated carbocycles. The Morgan fingerprint density at radius 3 is 2.56 bits per heavy atom. The van der Waals surface area contributed by atoms with Gasteiger partial charge in [-0.2, -0.15) is 0 Å². The third-order valence-corrected chi connectivity index (χ3v) is 2.59. The topological polar surface area (TPSA) is 43.4 Å². The fraction of sp³-hybridized carbons (Fsp3) is 0.273. The van der Waals surface area contributed by atoms with Crippen LogP contribution in [0.2, 0.25) is 0 Å². The highest BCUT2D eigenvalue weighted by Gasteiger charge is 2.11. The van der Waals surface area contributed by atoms with E-state index < -0.39 is 11.8 Å². The molecule has 0 N–H and O–H groups in total. The van der Waals surface area contributed by atoms with Gasteiger partial charge in [0.25, 0.3) is 0 Å². The number of esters is 1. The summed E-state index contributed by atoms with van der Waals surface area (Å²) in [5.74, 6) is -1.16. The number of halogens is 2. The summed E-state index contributed by atoms with van der Waals surface area (Å²) < 4.78 is 18.1. The van der Waals surface area contributed by atoms with Crippen LogP contribution in [-0.2, 0) is 9.53 Å². The number of ketones is 1. The number of methoxy groups -OCH3 is 1. The molecule has 0 atom stereocenters. The minimum absolute atomic E-state index is 0.0163. The van der Waals surface area contributed by atoms with Gasteiger partial charge in [-0.3, -0.25) is 9.59 Å². The lowest BCUT2D eigenvalue weighted by molar-refractivity contribution is -0.140. The van der Waals surface area contributed by atoms with Gasteiger partial charge in [0, 0.05) is 15.6 Å². The standard InChI is InChI=1S/C11H10FIO3/c1-16-11(15)3-2-10(14)7-4-8(12)6-9(13)5-7/h4-6H,2-3H2,1H3. The second-order valence-corrected chi connectivity index (χ2v) is 4.40. The van der Waals surface area contributed by atoms with Crippen molar-refractivity contribution in [2.75, 3.05) is 7.11 Å². The van der Waals surface area contributed by atoms with Gasteiger partial charge in [0.1, 0.15) is 5.82 Å². The first-order valence-corrected chi connectivity index (χ1v) is 5.67. The van der Waals surface area contributed by atoms with E-state index in [2.05, 4.69) is 4.74 Å². The van der Waals surface area contributed by atoms with Crippen molar-refractivity contribution in [1.29, 1.82) is 0 Å². The molecule has 0 amide bonds. The van der Waals surface area contributed by atoms with Gasteiger partial charge in [-0.15, -0.1) is 0 Å². The van der Waals surface area contributed by atoms with Crippen molar-refractivity contribution < 1.29 is 18.7 Å². The molecule has 0 aliphatic heterocycles. The lowest BCUT2D eigenvalue weighted by atomic mass is 10.1. The van der Waals surface area contributed by atoms with Crippen LogP contribution in [0.3, 0.4) is 0 Å². The highest BCUT2D eigenvalue weighted by molar-refractivity contribution is 14.1. The summed E-state index contributed by atoms with van der Waals surface area (Å²) in [6, 6.07) is 4.09. The Balaban J connectivity index is 2.69. The van der Waals surface area contributed by atoms with Crippen molar-refractivity contribution in [3.63, 3.8) is 0 Å². The van der Waals surface area contributed by atoms with Gasteiger partial charge < -0.3 is 4.74 Å². The molecule has 1 rings (SSSR count). The highest BCUT2D eigenvalue weighted by atomic mass is 127. The first kappa shape index (κ1) is 13.1. The molecule has 0 spiro atoms. The molecule has 0 fully saturated rings. The molecule has 0 saturated heterocycles. The number of ether oxygens (including phenoxy) is 1. The lowest BCUT2D eigenvalue weighted by Crippen LogP contribution is -2.06. The number of benzene rings is 1. The van der Waals surface area contributed by atoms with Crippen molar-refractivity contribution >= 4 is 34.3 Å². The molecule has 0 unspecified atom stereocenters. The summed E-state index contributed by atoms with van der Waals surface area (Å²) in [6.45, 7) is 0. The van der Waals surface area contributed by atoms with E-state index >= 15 is 0 Å². The smallest absolute Gasteiger partial charge is 0.305 e. The summed E-state index contributed by atoms with van der Waals surface area (Å²) in [6.07, 6.45) is 0.0502. The number of carbonyl (C=O) groups excluding carboxylic acids is 2. The van der Waals surface area contributed by atoms with Gasteiger partial charge in [0.2, 0.25) is 0 Å². The summed E-state index contributed by atoms with van der Waals surface area (Å²) in [7, 11) is 1.26. The van der Waals surface area contributed by atoms with Crippen molar-refractivity contribution in [2.45, 2.75) is 12.8 Å². The van der Waals surface area contributed by atoms with E-state index in [9.17, 15) is 14.0 Å². The molecule has 16 heavy (non-hydrogen) atoms. The Morgan fingerprint density at radius 2 is 2.00 bits per heavy atom. The molecule has 5 heteroatoms. The van der Waals surface area contributed by atoms with Crippen LogP contribution in [0.15, 0.2) is 18.2 Å². The molecule has 0 bridgehead atoms.